The third kappa shape index (κ3) is 4.54. The molecule has 74 valence electrons. The highest BCUT2D eigenvalue weighted by Gasteiger charge is 2.16. The average molecular weight is 182 g/mol. The Morgan fingerprint density at radius 2 is 2.15 bits per heavy atom. The van der Waals surface area contributed by atoms with E-state index in [0.29, 0.717) is 5.92 Å². The summed E-state index contributed by atoms with van der Waals surface area (Å²) < 4.78 is 5.20. The molecule has 0 aliphatic carbocycles. The third-order valence-corrected chi connectivity index (χ3v) is 2.17. The molecule has 0 bridgehead atoms. The lowest BCUT2D eigenvalue weighted by Crippen LogP contribution is -2.23. The van der Waals surface area contributed by atoms with Crippen LogP contribution < -0.4 is 0 Å². The van der Waals surface area contributed by atoms with Gasteiger partial charge >= 0.3 is 5.97 Å². The molecule has 0 saturated heterocycles. The SMILES string of the molecule is C=C=CC(=O)OC(CC)C(C)CC. The maximum atomic E-state index is 11.1. The summed E-state index contributed by atoms with van der Waals surface area (Å²) in [4.78, 5) is 11.1. The van der Waals surface area contributed by atoms with Crippen molar-refractivity contribution in [2.24, 2.45) is 5.92 Å². The predicted molar refractivity (Wildman–Crippen MR) is 53.3 cm³/mol. The molecule has 0 aromatic heterocycles. The fourth-order valence-corrected chi connectivity index (χ4v) is 1.13. The topological polar surface area (TPSA) is 26.3 Å². The Hall–Kier alpha value is -1.01. The number of carbonyl (C=O) groups is 1. The van der Waals surface area contributed by atoms with Crippen LogP contribution in [-0.2, 0) is 9.53 Å². The van der Waals surface area contributed by atoms with E-state index < -0.39 is 0 Å². The summed E-state index contributed by atoms with van der Waals surface area (Å²) in [6.07, 6.45) is 3.11. The second-order valence-corrected chi connectivity index (χ2v) is 3.12. The minimum absolute atomic E-state index is 0.0158. The molecule has 0 aromatic carbocycles. The summed E-state index contributed by atoms with van der Waals surface area (Å²) in [5, 5.41) is 0. The van der Waals surface area contributed by atoms with E-state index in [1.165, 1.54) is 6.08 Å². The van der Waals surface area contributed by atoms with Crippen LogP contribution in [0.2, 0.25) is 0 Å². The maximum absolute atomic E-state index is 11.1. The number of carbonyl (C=O) groups excluding carboxylic acids is 1. The van der Waals surface area contributed by atoms with Crippen molar-refractivity contribution in [1.29, 1.82) is 0 Å². The van der Waals surface area contributed by atoms with Crippen LogP contribution in [0.5, 0.6) is 0 Å². The standard InChI is InChI=1S/C11H18O2/c1-5-8-11(12)13-10(7-3)9(4)6-2/h8-10H,1,6-7H2,2-4H3. The molecule has 0 spiro atoms. The normalized spacial score (nSPS) is 14.1. The van der Waals surface area contributed by atoms with Crippen LogP contribution >= 0.6 is 0 Å². The van der Waals surface area contributed by atoms with Crippen LogP contribution in [-0.4, -0.2) is 12.1 Å². The van der Waals surface area contributed by atoms with Crippen molar-refractivity contribution in [2.45, 2.75) is 39.7 Å². The summed E-state index contributed by atoms with van der Waals surface area (Å²) in [5.41, 5.74) is 2.40. The second-order valence-electron chi connectivity index (χ2n) is 3.12. The first kappa shape index (κ1) is 12.0. The van der Waals surface area contributed by atoms with Gasteiger partial charge in [0, 0.05) is 0 Å². The van der Waals surface area contributed by atoms with E-state index in [0.717, 1.165) is 12.8 Å². The van der Waals surface area contributed by atoms with Crippen molar-refractivity contribution in [3.8, 4) is 0 Å². The van der Waals surface area contributed by atoms with Crippen molar-refractivity contribution in [2.75, 3.05) is 0 Å². The Kier molecular flexibility index (Phi) is 5.99. The Bertz CT molecular complexity index is 202. The van der Waals surface area contributed by atoms with Gasteiger partial charge in [-0.1, -0.05) is 33.8 Å². The molecule has 2 unspecified atom stereocenters. The number of rotatable bonds is 5. The van der Waals surface area contributed by atoms with Crippen LogP contribution in [0.3, 0.4) is 0 Å². The molecule has 0 aliphatic rings. The largest absolute Gasteiger partial charge is 0.458 e. The molecule has 0 amide bonds. The molecular weight excluding hydrogens is 164 g/mol. The molecule has 0 rings (SSSR count). The van der Waals surface area contributed by atoms with Gasteiger partial charge in [0.15, 0.2) is 0 Å². The molecule has 0 heterocycles. The molecule has 0 N–H and O–H groups in total. The zero-order chi connectivity index (χ0) is 10.3. The van der Waals surface area contributed by atoms with Gasteiger partial charge in [0.1, 0.15) is 6.10 Å². The molecule has 13 heavy (non-hydrogen) atoms. The first-order valence-corrected chi connectivity index (χ1v) is 4.72. The predicted octanol–water partition coefficient (Wildman–Crippen LogP) is 2.70. The van der Waals surface area contributed by atoms with Gasteiger partial charge in [0.25, 0.3) is 0 Å². The summed E-state index contributed by atoms with van der Waals surface area (Å²) in [6, 6.07) is 0. The Morgan fingerprint density at radius 3 is 2.54 bits per heavy atom. The molecule has 2 heteroatoms. The van der Waals surface area contributed by atoms with Crippen LogP contribution in [0.15, 0.2) is 18.4 Å². The molecule has 0 fully saturated rings. The van der Waals surface area contributed by atoms with Crippen molar-refractivity contribution >= 4 is 5.97 Å². The molecule has 0 radical (unpaired) electrons. The first-order chi connectivity index (χ1) is 6.15. The van der Waals surface area contributed by atoms with Crippen molar-refractivity contribution in [3.63, 3.8) is 0 Å². The summed E-state index contributed by atoms with van der Waals surface area (Å²) >= 11 is 0. The molecule has 0 aromatic rings. The van der Waals surface area contributed by atoms with Crippen LogP contribution in [0.25, 0.3) is 0 Å². The van der Waals surface area contributed by atoms with Gasteiger partial charge < -0.3 is 4.74 Å². The zero-order valence-corrected chi connectivity index (χ0v) is 8.67. The van der Waals surface area contributed by atoms with Gasteiger partial charge in [0.2, 0.25) is 0 Å². The van der Waals surface area contributed by atoms with Gasteiger partial charge in [-0.2, -0.15) is 0 Å². The smallest absolute Gasteiger partial charge is 0.338 e. The highest BCUT2D eigenvalue weighted by atomic mass is 16.5. The van der Waals surface area contributed by atoms with E-state index in [2.05, 4.69) is 26.2 Å². The number of hydrogen-bond donors (Lipinski definition) is 0. The average Bonchev–Trinajstić information content (AvgIpc) is 2.13. The Balaban J connectivity index is 4.11. The second kappa shape index (κ2) is 6.50. The van der Waals surface area contributed by atoms with Crippen LogP contribution in [0.4, 0.5) is 0 Å². The highest BCUT2D eigenvalue weighted by molar-refractivity contribution is 5.81. The first-order valence-electron chi connectivity index (χ1n) is 4.72. The van der Waals surface area contributed by atoms with Crippen LogP contribution in [0.1, 0.15) is 33.6 Å². The summed E-state index contributed by atoms with van der Waals surface area (Å²) in [6.45, 7) is 9.50. The van der Waals surface area contributed by atoms with Gasteiger partial charge in [-0.15, -0.1) is 5.73 Å². The quantitative estimate of drug-likeness (QED) is 0.371. The molecule has 2 atom stereocenters. The van der Waals surface area contributed by atoms with Gasteiger partial charge in [-0.05, 0) is 12.3 Å². The van der Waals surface area contributed by atoms with Crippen LogP contribution in [0, 0.1) is 5.92 Å². The number of esters is 1. The number of ether oxygens (including phenoxy) is 1. The lowest BCUT2D eigenvalue weighted by atomic mass is 10.00. The van der Waals surface area contributed by atoms with E-state index in [-0.39, 0.29) is 12.1 Å². The summed E-state index contributed by atoms with van der Waals surface area (Å²) in [7, 11) is 0. The van der Waals surface area contributed by atoms with E-state index >= 15 is 0 Å². The van der Waals surface area contributed by atoms with Gasteiger partial charge in [-0.3, -0.25) is 0 Å². The Morgan fingerprint density at radius 1 is 1.54 bits per heavy atom. The number of hydrogen-bond acceptors (Lipinski definition) is 2. The monoisotopic (exact) mass is 182 g/mol. The highest BCUT2D eigenvalue weighted by Crippen LogP contribution is 2.14. The fourth-order valence-electron chi connectivity index (χ4n) is 1.13. The third-order valence-electron chi connectivity index (χ3n) is 2.17. The van der Waals surface area contributed by atoms with Gasteiger partial charge in [0.05, 0.1) is 6.08 Å². The van der Waals surface area contributed by atoms with E-state index in [9.17, 15) is 4.79 Å². The van der Waals surface area contributed by atoms with Gasteiger partial charge in [-0.25, -0.2) is 4.79 Å². The van der Waals surface area contributed by atoms with Crippen molar-refractivity contribution < 1.29 is 9.53 Å². The minimum atomic E-state index is -0.345. The fraction of sp³-hybridized carbons (Fsp3) is 0.636. The molecule has 2 nitrogen and oxygen atoms in total. The van der Waals surface area contributed by atoms with Crippen molar-refractivity contribution in [3.05, 3.63) is 18.4 Å². The lowest BCUT2D eigenvalue weighted by Gasteiger charge is -2.20. The minimum Gasteiger partial charge on any atom is -0.458 e. The van der Waals surface area contributed by atoms with E-state index in [4.69, 9.17) is 4.74 Å². The molecular formula is C11H18O2. The van der Waals surface area contributed by atoms with E-state index in [1.54, 1.807) is 0 Å². The Labute approximate surface area is 80.3 Å². The zero-order valence-electron chi connectivity index (χ0n) is 8.67. The van der Waals surface area contributed by atoms with E-state index in [1.807, 2.05) is 6.92 Å². The maximum Gasteiger partial charge on any atom is 0.338 e. The molecule has 0 aliphatic heterocycles. The summed E-state index contributed by atoms with van der Waals surface area (Å²) in [5.74, 6) is 0.0642. The molecule has 0 saturated carbocycles. The van der Waals surface area contributed by atoms with Crippen molar-refractivity contribution in [1.82, 2.24) is 0 Å². The lowest BCUT2D eigenvalue weighted by molar-refractivity contribution is -0.145.